The van der Waals surface area contributed by atoms with Crippen LogP contribution in [0.3, 0.4) is 0 Å². The Morgan fingerprint density at radius 3 is 2.75 bits per heavy atom. The van der Waals surface area contributed by atoms with Gasteiger partial charge in [-0.3, -0.25) is 9.59 Å². The van der Waals surface area contributed by atoms with E-state index in [1.54, 1.807) is 24.7 Å². The highest BCUT2D eigenvalue weighted by atomic mass is 32.2. The van der Waals surface area contributed by atoms with E-state index in [1.165, 1.54) is 12.1 Å². The van der Waals surface area contributed by atoms with Crippen LogP contribution in [-0.2, 0) is 21.4 Å². The fourth-order valence-electron chi connectivity index (χ4n) is 2.48. The Hall–Kier alpha value is -2.68. The smallest absolute Gasteiger partial charge is 0.269 e. The molecule has 0 atom stereocenters. The van der Waals surface area contributed by atoms with Gasteiger partial charge < -0.3 is 9.88 Å². The standard InChI is InChI=1S/C15H16N4O4S/c20-14(17-6-3-8-18-9-7-16-11-18)10-19-15(21)12-4-1-2-5-13(12)24(19,22)23/h1-2,4-5,7,9,11H,3,6,8,10H2,(H,17,20). The summed E-state index contributed by atoms with van der Waals surface area (Å²) in [7, 11) is -3.95. The molecular weight excluding hydrogens is 332 g/mol. The average Bonchev–Trinajstić information content (AvgIpc) is 3.14. The molecule has 0 saturated heterocycles. The molecule has 126 valence electrons. The van der Waals surface area contributed by atoms with E-state index in [0.717, 1.165) is 0 Å². The SMILES string of the molecule is O=C(CN1C(=O)c2ccccc2S1(=O)=O)NCCCn1ccnc1. The van der Waals surface area contributed by atoms with Crippen molar-refractivity contribution in [1.29, 1.82) is 0 Å². The average molecular weight is 348 g/mol. The molecule has 8 nitrogen and oxygen atoms in total. The molecule has 0 unspecified atom stereocenters. The van der Waals surface area contributed by atoms with E-state index in [2.05, 4.69) is 10.3 Å². The van der Waals surface area contributed by atoms with E-state index < -0.39 is 28.4 Å². The Morgan fingerprint density at radius 1 is 1.25 bits per heavy atom. The number of aryl methyl sites for hydroxylation is 1. The molecule has 1 aliphatic heterocycles. The number of sulfonamides is 1. The van der Waals surface area contributed by atoms with Crippen LogP contribution in [0, 0.1) is 0 Å². The van der Waals surface area contributed by atoms with Crippen molar-refractivity contribution >= 4 is 21.8 Å². The van der Waals surface area contributed by atoms with Crippen LogP contribution in [0.1, 0.15) is 16.8 Å². The molecule has 0 spiro atoms. The first-order valence-electron chi connectivity index (χ1n) is 7.38. The highest BCUT2D eigenvalue weighted by Gasteiger charge is 2.41. The molecule has 0 aliphatic carbocycles. The third-order valence-electron chi connectivity index (χ3n) is 3.67. The molecule has 9 heteroatoms. The summed E-state index contributed by atoms with van der Waals surface area (Å²) in [5.74, 6) is -1.18. The van der Waals surface area contributed by atoms with Crippen molar-refractivity contribution in [2.24, 2.45) is 0 Å². The van der Waals surface area contributed by atoms with Crippen LogP contribution in [0.4, 0.5) is 0 Å². The highest BCUT2D eigenvalue weighted by Crippen LogP contribution is 2.29. The van der Waals surface area contributed by atoms with E-state index in [1.807, 2.05) is 10.8 Å². The lowest BCUT2D eigenvalue weighted by atomic mass is 10.2. The number of aromatic nitrogens is 2. The number of imidazole rings is 1. The highest BCUT2D eigenvalue weighted by molar-refractivity contribution is 7.90. The molecule has 0 radical (unpaired) electrons. The summed E-state index contributed by atoms with van der Waals surface area (Å²) in [4.78, 5) is 28.0. The van der Waals surface area contributed by atoms with E-state index in [9.17, 15) is 18.0 Å². The largest absolute Gasteiger partial charge is 0.354 e. The first-order valence-corrected chi connectivity index (χ1v) is 8.82. The second kappa shape index (κ2) is 6.44. The molecule has 1 aromatic heterocycles. The lowest BCUT2D eigenvalue weighted by Gasteiger charge is -2.14. The van der Waals surface area contributed by atoms with Crippen LogP contribution in [0.5, 0.6) is 0 Å². The lowest BCUT2D eigenvalue weighted by Crippen LogP contribution is -2.40. The molecule has 0 fully saturated rings. The summed E-state index contributed by atoms with van der Waals surface area (Å²) in [6.07, 6.45) is 5.83. The quantitative estimate of drug-likeness (QED) is 0.753. The van der Waals surface area contributed by atoms with Crippen molar-refractivity contribution in [2.45, 2.75) is 17.9 Å². The van der Waals surface area contributed by atoms with E-state index in [0.29, 0.717) is 23.8 Å². The molecule has 2 heterocycles. The minimum atomic E-state index is -3.95. The zero-order chi connectivity index (χ0) is 17.2. The number of carbonyl (C=O) groups excluding carboxylic acids is 2. The number of amides is 2. The molecule has 1 N–H and O–H groups in total. The lowest BCUT2D eigenvalue weighted by molar-refractivity contribution is -0.121. The van der Waals surface area contributed by atoms with Gasteiger partial charge in [0.1, 0.15) is 11.4 Å². The van der Waals surface area contributed by atoms with Gasteiger partial charge in [-0.05, 0) is 18.6 Å². The maximum atomic E-state index is 12.3. The van der Waals surface area contributed by atoms with Crippen LogP contribution < -0.4 is 5.32 Å². The second-order valence-electron chi connectivity index (χ2n) is 5.32. The van der Waals surface area contributed by atoms with Crippen molar-refractivity contribution in [1.82, 2.24) is 19.2 Å². The first-order chi connectivity index (χ1) is 11.5. The second-order valence-corrected chi connectivity index (χ2v) is 7.15. The van der Waals surface area contributed by atoms with Gasteiger partial charge in [-0.2, -0.15) is 0 Å². The summed E-state index contributed by atoms with van der Waals surface area (Å²) in [6, 6.07) is 5.94. The number of hydrogen-bond acceptors (Lipinski definition) is 5. The fourth-order valence-corrected chi connectivity index (χ4v) is 4.01. The Morgan fingerprint density at radius 2 is 2.04 bits per heavy atom. The number of nitrogens with one attached hydrogen (secondary N) is 1. The molecule has 1 aliphatic rings. The molecule has 1 aromatic carbocycles. The molecular formula is C15H16N4O4S. The number of hydrogen-bond donors (Lipinski definition) is 1. The minimum Gasteiger partial charge on any atom is -0.354 e. The van der Waals surface area contributed by atoms with Crippen molar-refractivity contribution in [3.8, 4) is 0 Å². The number of benzene rings is 1. The molecule has 2 aromatic rings. The maximum absolute atomic E-state index is 12.3. The Labute approximate surface area is 139 Å². The van der Waals surface area contributed by atoms with E-state index in [4.69, 9.17) is 0 Å². The van der Waals surface area contributed by atoms with Crippen LogP contribution in [0.25, 0.3) is 0 Å². The van der Waals surface area contributed by atoms with Gasteiger partial charge in [-0.1, -0.05) is 12.1 Å². The van der Waals surface area contributed by atoms with Crippen molar-refractivity contribution in [2.75, 3.05) is 13.1 Å². The summed E-state index contributed by atoms with van der Waals surface area (Å²) in [5, 5.41) is 2.63. The summed E-state index contributed by atoms with van der Waals surface area (Å²) < 4.78 is 27.1. The molecule has 2 amide bonds. The predicted molar refractivity (Wildman–Crippen MR) is 84.5 cm³/mol. The monoisotopic (exact) mass is 348 g/mol. The van der Waals surface area contributed by atoms with Gasteiger partial charge in [0.15, 0.2) is 0 Å². The molecule has 24 heavy (non-hydrogen) atoms. The van der Waals surface area contributed by atoms with Gasteiger partial charge in [0.2, 0.25) is 5.91 Å². The maximum Gasteiger partial charge on any atom is 0.269 e. The van der Waals surface area contributed by atoms with Crippen LogP contribution in [-0.4, -0.2) is 47.2 Å². The number of rotatable bonds is 6. The molecule has 3 rings (SSSR count). The third kappa shape index (κ3) is 3.02. The van der Waals surface area contributed by atoms with Crippen LogP contribution in [0.15, 0.2) is 47.9 Å². The van der Waals surface area contributed by atoms with Gasteiger partial charge in [0.05, 0.1) is 11.9 Å². The van der Waals surface area contributed by atoms with Gasteiger partial charge in [-0.15, -0.1) is 0 Å². The van der Waals surface area contributed by atoms with Crippen LogP contribution >= 0.6 is 0 Å². The van der Waals surface area contributed by atoms with E-state index >= 15 is 0 Å². The summed E-state index contributed by atoms with van der Waals surface area (Å²) in [5.41, 5.74) is 0.102. The number of nitrogens with zero attached hydrogens (tertiary/aromatic N) is 3. The van der Waals surface area contributed by atoms with Crippen LogP contribution in [0.2, 0.25) is 0 Å². The van der Waals surface area contributed by atoms with Crippen molar-refractivity contribution < 1.29 is 18.0 Å². The predicted octanol–water partition coefficient (Wildman–Crippen LogP) is 0.234. The topological polar surface area (TPSA) is 101 Å². The minimum absolute atomic E-state index is 0.0529. The Bertz CT molecular complexity index is 861. The van der Waals surface area contributed by atoms with Gasteiger partial charge in [0, 0.05) is 25.5 Å². The molecule has 0 saturated carbocycles. The van der Waals surface area contributed by atoms with Gasteiger partial charge >= 0.3 is 0 Å². The fraction of sp³-hybridized carbons (Fsp3) is 0.267. The summed E-state index contributed by atoms with van der Waals surface area (Å²) in [6.45, 7) is 0.555. The van der Waals surface area contributed by atoms with Crippen molar-refractivity contribution in [3.63, 3.8) is 0 Å². The van der Waals surface area contributed by atoms with E-state index in [-0.39, 0.29) is 10.5 Å². The summed E-state index contributed by atoms with van der Waals surface area (Å²) >= 11 is 0. The zero-order valence-corrected chi connectivity index (χ0v) is 13.6. The Kier molecular flexibility index (Phi) is 4.34. The Balaban J connectivity index is 1.56. The normalized spacial score (nSPS) is 15.3. The number of carbonyl (C=O) groups is 2. The van der Waals surface area contributed by atoms with Gasteiger partial charge in [0.25, 0.3) is 15.9 Å². The van der Waals surface area contributed by atoms with Gasteiger partial charge in [-0.25, -0.2) is 17.7 Å². The third-order valence-corrected chi connectivity index (χ3v) is 5.46. The van der Waals surface area contributed by atoms with Crippen molar-refractivity contribution in [3.05, 3.63) is 48.5 Å². The zero-order valence-electron chi connectivity index (χ0n) is 12.8. The first kappa shape index (κ1) is 16.2. The number of fused-ring (bicyclic) bond motifs is 1. The molecule has 0 bridgehead atoms.